The van der Waals surface area contributed by atoms with E-state index in [0.29, 0.717) is 28.3 Å². The third-order valence-corrected chi connectivity index (χ3v) is 8.88. The molecule has 4 amide bonds. The van der Waals surface area contributed by atoms with Gasteiger partial charge in [-0.1, -0.05) is 0 Å². The molecule has 0 radical (unpaired) electrons. The Labute approximate surface area is 197 Å². The summed E-state index contributed by atoms with van der Waals surface area (Å²) in [7, 11) is 0. The lowest BCUT2D eigenvalue weighted by Crippen LogP contribution is -2.62. The van der Waals surface area contributed by atoms with Crippen molar-refractivity contribution in [2.75, 3.05) is 11.9 Å². The van der Waals surface area contributed by atoms with Crippen molar-refractivity contribution in [2.45, 2.75) is 76.7 Å². The second-order valence-corrected chi connectivity index (χ2v) is 11.5. The molecule has 1 aromatic heterocycles. The topological polar surface area (TPSA) is 114 Å². The molecule has 0 unspecified atom stereocenters. The zero-order valence-electron chi connectivity index (χ0n) is 19.0. The molecule has 9 heteroatoms. The van der Waals surface area contributed by atoms with Crippen LogP contribution in [0.25, 0.3) is 0 Å². The Morgan fingerprint density at radius 1 is 1.00 bits per heavy atom. The van der Waals surface area contributed by atoms with Crippen LogP contribution < -0.4 is 16.0 Å². The summed E-state index contributed by atoms with van der Waals surface area (Å²) in [6.07, 6.45) is 10.4. The Morgan fingerprint density at radius 3 is 2.27 bits per heavy atom. The fourth-order valence-corrected chi connectivity index (χ4v) is 8.26. The van der Waals surface area contributed by atoms with Crippen molar-refractivity contribution in [2.24, 2.45) is 17.8 Å². The van der Waals surface area contributed by atoms with Gasteiger partial charge in [0.05, 0.1) is 5.56 Å². The highest BCUT2D eigenvalue weighted by Crippen LogP contribution is 2.55. The number of nitrogens with one attached hydrogen (secondary N) is 3. The number of fused-ring (bicyclic) bond motifs is 1. The van der Waals surface area contributed by atoms with Crippen LogP contribution >= 0.6 is 11.3 Å². The quantitative estimate of drug-likeness (QED) is 0.566. The highest BCUT2D eigenvalue weighted by Gasteiger charge is 2.51. The third-order valence-electron chi connectivity index (χ3n) is 7.67. The Balaban J connectivity index is 1.17. The van der Waals surface area contributed by atoms with Crippen molar-refractivity contribution in [1.82, 2.24) is 10.6 Å². The minimum Gasteiger partial charge on any atom is -0.452 e. The maximum atomic E-state index is 12.8. The van der Waals surface area contributed by atoms with Gasteiger partial charge >= 0.3 is 12.0 Å². The Morgan fingerprint density at radius 2 is 1.64 bits per heavy atom. The molecule has 5 aliphatic rings. The number of imide groups is 1. The van der Waals surface area contributed by atoms with Crippen LogP contribution in [0.15, 0.2) is 0 Å². The average molecular weight is 474 g/mol. The van der Waals surface area contributed by atoms with Gasteiger partial charge in [0.2, 0.25) is 5.91 Å². The molecule has 178 valence electrons. The van der Waals surface area contributed by atoms with Gasteiger partial charge in [-0.15, -0.1) is 11.3 Å². The number of ether oxygens (including phenoxy) is 1. The second kappa shape index (κ2) is 8.74. The first-order valence-electron chi connectivity index (χ1n) is 12.0. The Hall–Kier alpha value is -2.42. The van der Waals surface area contributed by atoms with E-state index in [-0.39, 0.29) is 11.4 Å². The maximum absolute atomic E-state index is 12.8. The number of urea groups is 1. The molecule has 0 atom stereocenters. The van der Waals surface area contributed by atoms with Gasteiger partial charge in [0.25, 0.3) is 5.91 Å². The lowest BCUT2D eigenvalue weighted by Gasteiger charge is -2.56. The van der Waals surface area contributed by atoms with Crippen LogP contribution in [0.1, 0.15) is 79.1 Å². The lowest BCUT2D eigenvalue weighted by atomic mass is 9.53. The molecule has 8 nitrogen and oxygen atoms in total. The van der Waals surface area contributed by atoms with E-state index >= 15 is 0 Å². The normalized spacial score (nSPS) is 29.2. The molecule has 0 saturated heterocycles. The molecule has 0 aromatic carbocycles. The number of thiophene rings is 1. The van der Waals surface area contributed by atoms with E-state index in [2.05, 4.69) is 16.0 Å². The molecule has 1 heterocycles. The van der Waals surface area contributed by atoms with Crippen LogP contribution in [0.4, 0.5) is 9.80 Å². The Kier molecular flexibility index (Phi) is 5.93. The molecule has 4 bridgehead atoms. The third kappa shape index (κ3) is 4.65. The summed E-state index contributed by atoms with van der Waals surface area (Å²) in [5.41, 5.74) is 1.05. The number of amides is 4. The van der Waals surface area contributed by atoms with E-state index < -0.39 is 24.5 Å². The molecule has 3 N–H and O–H groups in total. The molecular weight excluding hydrogens is 442 g/mol. The van der Waals surface area contributed by atoms with Crippen LogP contribution in [0.2, 0.25) is 0 Å². The maximum Gasteiger partial charge on any atom is 0.341 e. The molecule has 4 fully saturated rings. The lowest BCUT2D eigenvalue weighted by molar-refractivity contribution is -0.123. The van der Waals surface area contributed by atoms with E-state index in [0.717, 1.165) is 55.4 Å². The summed E-state index contributed by atoms with van der Waals surface area (Å²) in [6.45, 7) is 0.848. The summed E-state index contributed by atoms with van der Waals surface area (Å²) < 4.78 is 5.26. The molecular formula is C24H31N3O5S. The monoisotopic (exact) mass is 473 g/mol. The number of hydrogen-bond donors (Lipinski definition) is 3. The van der Waals surface area contributed by atoms with Gasteiger partial charge in [0.1, 0.15) is 5.00 Å². The summed E-state index contributed by atoms with van der Waals surface area (Å²) in [6, 6.07) is -0.509. The van der Waals surface area contributed by atoms with Crippen LogP contribution in [0, 0.1) is 17.8 Å². The van der Waals surface area contributed by atoms with Gasteiger partial charge in [-0.2, -0.15) is 0 Å². The zero-order valence-corrected chi connectivity index (χ0v) is 19.8. The standard InChI is InChI=1S/C24H31N3O5S/c1-13(28)25-21-20(17-4-2-3-5-18(17)33-21)22(30)32-12-19(29)26-23(31)27-24-9-14-6-15(10-24)8-16(7-14)11-24/h14-16H,2-12H2,1H3,(H,25,28)(H2,26,27,29,31). The predicted molar refractivity (Wildman–Crippen MR) is 123 cm³/mol. The van der Waals surface area contributed by atoms with E-state index in [1.165, 1.54) is 37.5 Å². The highest BCUT2D eigenvalue weighted by atomic mass is 32.1. The number of carbonyl (C=O) groups is 4. The number of anilines is 1. The minimum absolute atomic E-state index is 0.196. The molecule has 1 aromatic rings. The van der Waals surface area contributed by atoms with Crippen molar-refractivity contribution in [3.8, 4) is 0 Å². The molecule has 5 aliphatic carbocycles. The van der Waals surface area contributed by atoms with Gasteiger partial charge in [-0.25, -0.2) is 9.59 Å². The molecule has 4 saturated carbocycles. The molecule has 0 aliphatic heterocycles. The second-order valence-electron chi connectivity index (χ2n) is 10.4. The predicted octanol–water partition coefficient (Wildman–Crippen LogP) is 3.54. The smallest absolute Gasteiger partial charge is 0.341 e. The van der Waals surface area contributed by atoms with Crippen LogP contribution in [0.5, 0.6) is 0 Å². The molecule has 6 rings (SSSR count). The van der Waals surface area contributed by atoms with E-state index in [4.69, 9.17) is 4.74 Å². The highest BCUT2D eigenvalue weighted by molar-refractivity contribution is 7.17. The van der Waals surface area contributed by atoms with Crippen molar-refractivity contribution in [1.29, 1.82) is 0 Å². The van der Waals surface area contributed by atoms with Crippen LogP contribution in [0.3, 0.4) is 0 Å². The van der Waals surface area contributed by atoms with Crippen LogP contribution in [-0.2, 0) is 27.2 Å². The van der Waals surface area contributed by atoms with Gasteiger partial charge in [-0.05, 0) is 87.5 Å². The van der Waals surface area contributed by atoms with Gasteiger partial charge in [0.15, 0.2) is 6.61 Å². The van der Waals surface area contributed by atoms with Crippen LogP contribution in [-0.4, -0.2) is 36.0 Å². The van der Waals surface area contributed by atoms with Crippen molar-refractivity contribution in [3.63, 3.8) is 0 Å². The van der Waals surface area contributed by atoms with Gasteiger partial charge < -0.3 is 15.4 Å². The minimum atomic E-state index is -0.657. The average Bonchev–Trinajstić information content (AvgIpc) is 3.07. The van der Waals surface area contributed by atoms with Gasteiger partial charge in [0, 0.05) is 17.3 Å². The number of rotatable bonds is 5. The van der Waals surface area contributed by atoms with E-state index in [1.54, 1.807) is 0 Å². The van der Waals surface area contributed by atoms with Crippen molar-refractivity contribution < 1.29 is 23.9 Å². The fourth-order valence-electron chi connectivity index (χ4n) is 6.93. The number of carbonyl (C=O) groups excluding carboxylic acids is 4. The van der Waals surface area contributed by atoms with E-state index in [9.17, 15) is 19.2 Å². The number of esters is 1. The number of aryl methyl sites for hydroxylation is 1. The first-order chi connectivity index (χ1) is 15.8. The molecule has 33 heavy (non-hydrogen) atoms. The molecule has 0 spiro atoms. The largest absolute Gasteiger partial charge is 0.452 e. The van der Waals surface area contributed by atoms with Crippen molar-refractivity contribution >= 4 is 40.2 Å². The summed E-state index contributed by atoms with van der Waals surface area (Å²) in [5, 5.41) is 8.61. The van der Waals surface area contributed by atoms with Crippen molar-refractivity contribution in [3.05, 3.63) is 16.0 Å². The zero-order chi connectivity index (χ0) is 23.2. The Bertz CT molecular complexity index is 965. The van der Waals surface area contributed by atoms with E-state index in [1.807, 2.05) is 0 Å². The number of hydrogen-bond acceptors (Lipinski definition) is 6. The fraction of sp³-hybridized carbons (Fsp3) is 0.667. The summed E-state index contributed by atoms with van der Waals surface area (Å²) in [5.74, 6) is 0.486. The summed E-state index contributed by atoms with van der Waals surface area (Å²) >= 11 is 1.40. The first-order valence-corrected chi connectivity index (χ1v) is 12.8. The first kappa shape index (κ1) is 22.4. The van der Waals surface area contributed by atoms with Gasteiger partial charge in [-0.3, -0.25) is 14.9 Å². The SMILES string of the molecule is CC(=O)Nc1sc2c(c1C(=O)OCC(=O)NC(=O)NC13CC4CC(CC(C4)C1)C3)CCCC2. The summed E-state index contributed by atoms with van der Waals surface area (Å²) in [4.78, 5) is 50.4.